The zero-order chi connectivity index (χ0) is 19.0. The molecule has 0 spiro atoms. The fraction of sp³-hybridized carbons (Fsp3) is 0.529. The Hall–Kier alpha value is -2.09. The van der Waals surface area contributed by atoms with Crippen molar-refractivity contribution >= 4 is 11.6 Å². The first-order valence-corrected chi connectivity index (χ1v) is 7.74. The number of hydrogen-bond acceptors (Lipinski definition) is 4. The highest BCUT2D eigenvalue weighted by Crippen LogP contribution is 2.40. The van der Waals surface area contributed by atoms with Gasteiger partial charge in [0.1, 0.15) is 5.75 Å². The highest BCUT2D eigenvalue weighted by molar-refractivity contribution is 5.89. The molecule has 1 atom stereocenters. The second-order valence-corrected chi connectivity index (χ2v) is 7.10. The molecule has 138 valence electrons. The molecule has 2 rings (SSSR count). The molecule has 0 radical (unpaired) electrons. The van der Waals surface area contributed by atoms with Crippen molar-refractivity contribution in [1.29, 1.82) is 0 Å². The van der Waals surface area contributed by atoms with E-state index in [0.29, 0.717) is 5.75 Å². The van der Waals surface area contributed by atoms with Crippen LogP contribution in [0.2, 0.25) is 0 Å². The van der Waals surface area contributed by atoms with Crippen molar-refractivity contribution in [1.82, 2.24) is 5.01 Å². The number of hydrazone groups is 1. The fourth-order valence-electron chi connectivity index (χ4n) is 2.46. The van der Waals surface area contributed by atoms with Gasteiger partial charge in [-0.1, -0.05) is 32.9 Å². The number of nitrogens with zero attached hydrogens (tertiary/aromatic N) is 2. The van der Waals surface area contributed by atoms with Crippen molar-refractivity contribution in [3.8, 4) is 5.75 Å². The molecular formula is C17H21F3N2O3. The summed E-state index contributed by atoms with van der Waals surface area (Å²) in [5, 5.41) is 13.4. The van der Waals surface area contributed by atoms with Crippen LogP contribution in [0.4, 0.5) is 13.2 Å². The molecule has 0 aromatic heterocycles. The number of aliphatic hydroxyl groups is 1. The molecule has 0 unspecified atom stereocenters. The maximum atomic E-state index is 13.1. The van der Waals surface area contributed by atoms with Gasteiger partial charge in [-0.2, -0.15) is 23.3 Å². The van der Waals surface area contributed by atoms with Crippen LogP contribution in [0.25, 0.3) is 0 Å². The minimum Gasteiger partial charge on any atom is -0.484 e. The standard InChI is InChI=1S/C17H21F3N2O3/c1-11-9-16(24,17(18,19)20)22(21-11)14(23)10-25-13-7-5-12(6-8-13)15(2,3)4/h5-8,24H,9-10H2,1-4H3/t16-/m1/s1. The lowest BCUT2D eigenvalue weighted by atomic mass is 9.87. The van der Waals surface area contributed by atoms with Crippen LogP contribution in [-0.4, -0.2) is 40.2 Å². The third kappa shape index (κ3) is 3.95. The van der Waals surface area contributed by atoms with E-state index in [9.17, 15) is 23.1 Å². The van der Waals surface area contributed by atoms with E-state index < -0.39 is 30.8 Å². The van der Waals surface area contributed by atoms with E-state index in [-0.39, 0.29) is 16.1 Å². The van der Waals surface area contributed by atoms with E-state index in [1.807, 2.05) is 32.9 Å². The minimum absolute atomic E-state index is 0.0164. The van der Waals surface area contributed by atoms with Gasteiger partial charge >= 0.3 is 6.18 Å². The first kappa shape index (κ1) is 19.2. The Bertz CT molecular complexity index is 678. The second kappa shape index (κ2) is 6.33. The summed E-state index contributed by atoms with van der Waals surface area (Å²) in [6.07, 6.45) is -5.79. The number of amides is 1. The van der Waals surface area contributed by atoms with E-state index in [1.165, 1.54) is 6.92 Å². The van der Waals surface area contributed by atoms with Gasteiger partial charge in [-0.15, -0.1) is 0 Å². The molecule has 0 aliphatic carbocycles. The Kier molecular flexibility index (Phi) is 4.87. The van der Waals surface area contributed by atoms with Gasteiger partial charge < -0.3 is 9.84 Å². The van der Waals surface area contributed by atoms with Crippen LogP contribution in [0.15, 0.2) is 29.4 Å². The number of ether oxygens (including phenoxy) is 1. The van der Waals surface area contributed by atoms with Crippen LogP contribution < -0.4 is 4.74 Å². The normalized spacial score (nSPS) is 21.3. The van der Waals surface area contributed by atoms with Crippen molar-refractivity contribution < 1.29 is 27.8 Å². The number of rotatable bonds is 3. The number of alkyl halides is 3. The third-order valence-electron chi connectivity index (χ3n) is 3.90. The molecule has 1 aliphatic heterocycles. The second-order valence-electron chi connectivity index (χ2n) is 7.10. The molecule has 8 heteroatoms. The van der Waals surface area contributed by atoms with E-state index in [1.54, 1.807) is 12.1 Å². The third-order valence-corrected chi connectivity index (χ3v) is 3.90. The summed E-state index contributed by atoms with van der Waals surface area (Å²) in [4.78, 5) is 12.1. The highest BCUT2D eigenvalue weighted by atomic mass is 19.4. The van der Waals surface area contributed by atoms with Gasteiger partial charge in [-0.05, 0) is 30.0 Å². The van der Waals surface area contributed by atoms with Gasteiger partial charge in [-0.3, -0.25) is 4.79 Å². The largest absolute Gasteiger partial charge is 0.484 e. The summed E-state index contributed by atoms with van der Waals surface area (Å²) in [6, 6.07) is 6.93. The summed E-state index contributed by atoms with van der Waals surface area (Å²) in [5.41, 5.74) is -2.31. The predicted molar refractivity (Wildman–Crippen MR) is 86.2 cm³/mol. The molecule has 5 nitrogen and oxygen atoms in total. The molecular weight excluding hydrogens is 337 g/mol. The van der Waals surface area contributed by atoms with Crippen LogP contribution in [0.3, 0.4) is 0 Å². The van der Waals surface area contributed by atoms with Gasteiger partial charge in [0, 0.05) is 12.1 Å². The minimum atomic E-state index is -5.02. The first-order chi connectivity index (χ1) is 11.3. The van der Waals surface area contributed by atoms with Crippen LogP contribution in [0, 0.1) is 0 Å². The van der Waals surface area contributed by atoms with Crippen LogP contribution in [0.1, 0.15) is 39.7 Å². The van der Waals surface area contributed by atoms with Gasteiger partial charge in [0.15, 0.2) is 6.61 Å². The summed E-state index contributed by atoms with van der Waals surface area (Å²) >= 11 is 0. The van der Waals surface area contributed by atoms with Crippen molar-refractivity contribution in [2.24, 2.45) is 5.10 Å². The average molecular weight is 358 g/mol. The maximum Gasteiger partial charge on any atom is 0.438 e. The number of halogens is 3. The summed E-state index contributed by atoms with van der Waals surface area (Å²) in [5.74, 6) is -0.728. The Labute approximate surface area is 144 Å². The SMILES string of the molecule is CC1=NN(C(=O)COc2ccc(C(C)(C)C)cc2)[C@](O)(C(F)(F)F)C1. The van der Waals surface area contributed by atoms with E-state index >= 15 is 0 Å². The van der Waals surface area contributed by atoms with E-state index in [0.717, 1.165) is 5.56 Å². The molecule has 0 bridgehead atoms. The van der Waals surface area contributed by atoms with Gasteiger partial charge in [0.05, 0.1) is 0 Å². The summed E-state index contributed by atoms with van der Waals surface area (Å²) in [6.45, 7) is 6.77. The van der Waals surface area contributed by atoms with Gasteiger partial charge in [0.2, 0.25) is 0 Å². The number of carbonyl (C=O) groups is 1. The lowest BCUT2D eigenvalue weighted by molar-refractivity contribution is -0.302. The van der Waals surface area contributed by atoms with Gasteiger partial charge in [-0.25, -0.2) is 0 Å². The maximum absolute atomic E-state index is 13.1. The number of benzene rings is 1. The van der Waals surface area contributed by atoms with Crippen molar-refractivity contribution in [2.75, 3.05) is 6.61 Å². The molecule has 1 aromatic rings. The Balaban J connectivity index is 2.07. The lowest BCUT2D eigenvalue weighted by Crippen LogP contribution is -2.57. The molecule has 25 heavy (non-hydrogen) atoms. The van der Waals surface area contributed by atoms with Crippen molar-refractivity contribution in [3.05, 3.63) is 29.8 Å². The number of hydrogen-bond donors (Lipinski definition) is 1. The first-order valence-electron chi connectivity index (χ1n) is 7.74. The van der Waals surface area contributed by atoms with Gasteiger partial charge in [0.25, 0.3) is 11.6 Å². The molecule has 1 N–H and O–H groups in total. The monoisotopic (exact) mass is 358 g/mol. The van der Waals surface area contributed by atoms with E-state index in [4.69, 9.17) is 4.74 Å². The smallest absolute Gasteiger partial charge is 0.438 e. The molecule has 0 fully saturated rings. The lowest BCUT2D eigenvalue weighted by Gasteiger charge is -2.32. The molecule has 0 saturated carbocycles. The topological polar surface area (TPSA) is 62.1 Å². The number of carbonyl (C=O) groups excluding carboxylic acids is 1. The average Bonchev–Trinajstić information content (AvgIpc) is 2.80. The Morgan fingerprint density at radius 2 is 1.84 bits per heavy atom. The highest BCUT2D eigenvalue weighted by Gasteiger charge is 2.62. The van der Waals surface area contributed by atoms with E-state index in [2.05, 4.69) is 5.10 Å². The fourth-order valence-corrected chi connectivity index (χ4v) is 2.46. The molecule has 1 aromatic carbocycles. The zero-order valence-electron chi connectivity index (χ0n) is 14.5. The molecule has 1 amide bonds. The molecule has 1 aliphatic rings. The van der Waals surface area contributed by atoms with Crippen molar-refractivity contribution in [2.45, 2.75) is 51.4 Å². The molecule has 1 heterocycles. The predicted octanol–water partition coefficient (Wildman–Crippen LogP) is 3.22. The van der Waals surface area contributed by atoms with Crippen molar-refractivity contribution in [3.63, 3.8) is 0 Å². The zero-order valence-corrected chi connectivity index (χ0v) is 14.5. The van der Waals surface area contributed by atoms with Crippen LogP contribution >= 0.6 is 0 Å². The Morgan fingerprint density at radius 1 is 1.28 bits per heavy atom. The quantitative estimate of drug-likeness (QED) is 0.902. The van der Waals surface area contributed by atoms with Crippen LogP contribution in [-0.2, 0) is 10.2 Å². The Morgan fingerprint density at radius 3 is 2.32 bits per heavy atom. The molecule has 0 saturated heterocycles. The van der Waals surface area contributed by atoms with Crippen LogP contribution in [0.5, 0.6) is 5.75 Å². The summed E-state index contributed by atoms with van der Waals surface area (Å²) < 4.78 is 44.5. The summed E-state index contributed by atoms with van der Waals surface area (Å²) in [7, 11) is 0.